The molecule has 0 radical (unpaired) electrons. The molecule has 2 amide bonds. The quantitative estimate of drug-likeness (QED) is 0.727. The smallest absolute Gasteiger partial charge is 0.289 e. The molecule has 29 heavy (non-hydrogen) atoms. The standard InChI is InChI=1S/C22H21N5O2/c1-2-20(28)27-11-7-16-12-15(4-5-19(16)27)18-6-10-23-13-17(18)14-26-22(29)21-24-8-3-9-25-21/h3-6,8-10,12-13H,2,7,11,14H2,1H3,(H,26,29). The van der Waals surface area contributed by atoms with E-state index in [1.165, 1.54) is 12.4 Å². The van der Waals surface area contributed by atoms with E-state index in [1.54, 1.807) is 18.5 Å². The van der Waals surface area contributed by atoms with E-state index in [-0.39, 0.29) is 17.6 Å². The van der Waals surface area contributed by atoms with Crippen LogP contribution in [0.3, 0.4) is 0 Å². The summed E-state index contributed by atoms with van der Waals surface area (Å²) in [5, 5.41) is 2.85. The lowest BCUT2D eigenvalue weighted by molar-refractivity contribution is -0.118. The number of rotatable bonds is 5. The average molecular weight is 387 g/mol. The molecular formula is C22H21N5O2. The van der Waals surface area contributed by atoms with Crippen LogP contribution in [0.15, 0.2) is 55.1 Å². The van der Waals surface area contributed by atoms with Gasteiger partial charge in [-0.25, -0.2) is 9.97 Å². The molecular weight excluding hydrogens is 366 g/mol. The Bertz CT molecular complexity index is 1050. The normalized spacial score (nSPS) is 12.5. The first kappa shape index (κ1) is 18.7. The van der Waals surface area contributed by atoms with Crippen molar-refractivity contribution in [3.8, 4) is 11.1 Å². The van der Waals surface area contributed by atoms with Crippen molar-refractivity contribution < 1.29 is 9.59 Å². The SMILES string of the molecule is CCC(=O)N1CCc2cc(-c3ccncc3CNC(=O)c3ncccn3)ccc21. The van der Waals surface area contributed by atoms with Gasteiger partial charge in [-0.15, -0.1) is 0 Å². The fourth-order valence-electron chi connectivity index (χ4n) is 3.54. The van der Waals surface area contributed by atoms with Gasteiger partial charge in [-0.1, -0.05) is 13.0 Å². The molecule has 1 aliphatic rings. The van der Waals surface area contributed by atoms with Crippen molar-refractivity contribution in [2.75, 3.05) is 11.4 Å². The van der Waals surface area contributed by atoms with E-state index in [1.807, 2.05) is 30.0 Å². The van der Waals surface area contributed by atoms with Gasteiger partial charge in [0.25, 0.3) is 5.91 Å². The fraction of sp³-hybridized carbons (Fsp3) is 0.227. The number of carbonyl (C=O) groups is 2. The summed E-state index contributed by atoms with van der Waals surface area (Å²) in [5.41, 5.74) is 5.09. The topological polar surface area (TPSA) is 88.1 Å². The molecule has 2 aromatic heterocycles. The Morgan fingerprint density at radius 2 is 1.97 bits per heavy atom. The summed E-state index contributed by atoms with van der Waals surface area (Å²) in [5.74, 6) is -0.0498. The maximum atomic E-state index is 12.3. The Morgan fingerprint density at radius 3 is 2.76 bits per heavy atom. The Balaban J connectivity index is 1.56. The van der Waals surface area contributed by atoms with Crippen LogP contribution in [0.4, 0.5) is 5.69 Å². The zero-order valence-electron chi connectivity index (χ0n) is 16.1. The summed E-state index contributed by atoms with van der Waals surface area (Å²) in [7, 11) is 0. The summed E-state index contributed by atoms with van der Waals surface area (Å²) in [6, 6.07) is 9.75. The number of nitrogens with zero attached hydrogens (tertiary/aromatic N) is 4. The molecule has 0 fully saturated rings. The highest BCUT2D eigenvalue weighted by Crippen LogP contribution is 2.33. The van der Waals surface area contributed by atoms with Crippen molar-refractivity contribution in [3.05, 3.63) is 72.1 Å². The number of aromatic nitrogens is 3. The van der Waals surface area contributed by atoms with Gasteiger partial charge >= 0.3 is 0 Å². The predicted molar refractivity (Wildman–Crippen MR) is 109 cm³/mol. The van der Waals surface area contributed by atoms with Crippen LogP contribution in [0, 0.1) is 0 Å². The number of nitrogens with one attached hydrogen (secondary N) is 1. The van der Waals surface area contributed by atoms with Crippen molar-refractivity contribution in [3.63, 3.8) is 0 Å². The predicted octanol–water partition coefficient (Wildman–Crippen LogP) is 2.77. The van der Waals surface area contributed by atoms with Gasteiger partial charge in [-0.2, -0.15) is 0 Å². The maximum Gasteiger partial charge on any atom is 0.289 e. The second kappa shape index (κ2) is 8.18. The van der Waals surface area contributed by atoms with E-state index in [9.17, 15) is 9.59 Å². The number of fused-ring (bicyclic) bond motifs is 1. The summed E-state index contributed by atoms with van der Waals surface area (Å²) in [4.78, 5) is 38.4. The second-order valence-electron chi connectivity index (χ2n) is 6.78. The lowest BCUT2D eigenvalue weighted by Crippen LogP contribution is -2.27. The van der Waals surface area contributed by atoms with Gasteiger partial charge < -0.3 is 10.2 Å². The van der Waals surface area contributed by atoms with E-state index < -0.39 is 0 Å². The lowest BCUT2D eigenvalue weighted by atomic mass is 9.98. The van der Waals surface area contributed by atoms with Crippen molar-refractivity contribution in [2.45, 2.75) is 26.3 Å². The van der Waals surface area contributed by atoms with Crippen LogP contribution in [0.5, 0.6) is 0 Å². The minimum atomic E-state index is -0.330. The molecule has 3 aromatic rings. The Hall–Kier alpha value is -3.61. The molecule has 7 heteroatoms. The molecule has 0 unspecified atom stereocenters. The van der Waals surface area contributed by atoms with Gasteiger partial charge in [0.15, 0.2) is 0 Å². The van der Waals surface area contributed by atoms with Crippen LogP contribution in [0.25, 0.3) is 11.1 Å². The zero-order valence-corrected chi connectivity index (χ0v) is 16.1. The molecule has 7 nitrogen and oxygen atoms in total. The Labute approximate surface area is 168 Å². The summed E-state index contributed by atoms with van der Waals surface area (Å²) >= 11 is 0. The highest BCUT2D eigenvalue weighted by atomic mass is 16.2. The number of benzene rings is 1. The number of pyridine rings is 1. The average Bonchev–Trinajstić information content (AvgIpc) is 3.21. The third-order valence-electron chi connectivity index (χ3n) is 5.00. The minimum absolute atomic E-state index is 0.135. The van der Waals surface area contributed by atoms with Gasteiger partial charge in [0.05, 0.1) is 0 Å². The fourth-order valence-corrected chi connectivity index (χ4v) is 3.54. The molecule has 1 N–H and O–H groups in total. The summed E-state index contributed by atoms with van der Waals surface area (Å²) < 4.78 is 0. The van der Waals surface area contributed by atoms with Crippen LogP contribution in [-0.2, 0) is 17.8 Å². The first-order valence-corrected chi connectivity index (χ1v) is 9.59. The van der Waals surface area contributed by atoms with E-state index >= 15 is 0 Å². The zero-order chi connectivity index (χ0) is 20.2. The maximum absolute atomic E-state index is 12.3. The van der Waals surface area contributed by atoms with E-state index in [0.717, 1.165) is 40.9 Å². The van der Waals surface area contributed by atoms with Crippen LogP contribution in [0.1, 0.15) is 35.1 Å². The molecule has 146 valence electrons. The Morgan fingerprint density at radius 1 is 1.14 bits per heavy atom. The van der Waals surface area contributed by atoms with Gasteiger partial charge in [-0.3, -0.25) is 14.6 Å². The van der Waals surface area contributed by atoms with Crippen molar-refractivity contribution in [1.82, 2.24) is 20.3 Å². The largest absolute Gasteiger partial charge is 0.345 e. The summed E-state index contributed by atoms with van der Waals surface area (Å²) in [6.07, 6.45) is 7.91. The van der Waals surface area contributed by atoms with Crippen molar-refractivity contribution >= 4 is 17.5 Å². The third kappa shape index (κ3) is 3.85. The van der Waals surface area contributed by atoms with E-state index in [0.29, 0.717) is 13.0 Å². The highest BCUT2D eigenvalue weighted by molar-refractivity contribution is 5.95. The summed E-state index contributed by atoms with van der Waals surface area (Å²) in [6.45, 7) is 2.92. The monoisotopic (exact) mass is 387 g/mol. The minimum Gasteiger partial charge on any atom is -0.345 e. The molecule has 3 heterocycles. The molecule has 0 atom stereocenters. The molecule has 1 aliphatic heterocycles. The van der Waals surface area contributed by atoms with E-state index in [2.05, 4.69) is 26.3 Å². The number of hydrogen-bond acceptors (Lipinski definition) is 5. The van der Waals surface area contributed by atoms with Gasteiger partial charge in [0.1, 0.15) is 0 Å². The molecule has 0 bridgehead atoms. The van der Waals surface area contributed by atoms with Crippen LogP contribution in [-0.4, -0.2) is 33.3 Å². The van der Waals surface area contributed by atoms with Crippen LogP contribution in [0.2, 0.25) is 0 Å². The third-order valence-corrected chi connectivity index (χ3v) is 5.00. The van der Waals surface area contributed by atoms with E-state index in [4.69, 9.17) is 0 Å². The highest BCUT2D eigenvalue weighted by Gasteiger charge is 2.24. The molecule has 0 aliphatic carbocycles. The Kier molecular flexibility index (Phi) is 5.29. The molecule has 0 spiro atoms. The first-order valence-electron chi connectivity index (χ1n) is 9.59. The molecule has 0 saturated heterocycles. The number of anilines is 1. The number of carbonyl (C=O) groups excluding carboxylic acids is 2. The van der Waals surface area contributed by atoms with Gasteiger partial charge in [-0.05, 0) is 52.9 Å². The van der Waals surface area contributed by atoms with Crippen LogP contribution < -0.4 is 10.2 Å². The molecule has 4 rings (SSSR count). The van der Waals surface area contributed by atoms with Gasteiger partial charge in [0.2, 0.25) is 11.7 Å². The second-order valence-corrected chi connectivity index (χ2v) is 6.78. The molecule has 0 saturated carbocycles. The number of amides is 2. The van der Waals surface area contributed by atoms with Crippen LogP contribution >= 0.6 is 0 Å². The first-order chi connectivity index (χ1) is 14.2. The van der Waals surface area contributed by atoms with Crippen molar-refractivity contribution in [1.29, 1.82) is 0 Å². The van der Waals surface area contributed by atoms with Crippen molar-refractivity contribution in [2.24, 2.45) is 0 Å². The van der Waals surface area contributed by atoms with Gasteiger partial charge in [0, 0.05) is 50.0 Å². The number of hydrogen-bond donors (Lipinski definition) is 1. The molecule has 1 aromatic carbocycles. The lowest BCUT2D eigenvalue weighted by Gasteiger charge is -2.17.